The van der Waals surface area contributed by atoms with Gasteiger partial charge >= 0.3 is 0 Å². The van der Waals surface area contributed by atoms with E-state index in [1.165, 1.54) is 25.7 Å². The lowest BCUT2D eigenvalue weighted by atomic mass is 10.1. The van der Waals surface area contributed by atoms with Gasteiger partial charge in [-0.25, -0.2) is 9.97 Å². The summed E-state index contributed by atoms with van der Waals surface area (Å²) in [5.41, 5.74) is 0.432. The highest BCUT2D eigenvalue weighted by molar-refractivity contribution is 5.92. The van der Waals surface area contributed by atoms with E-state index in [1.807, 2.05) is 0 Å². The zero-order valence-electron chi connectivity index (χ0n) is 13.1. The molecule has 1 heterocycles. The second-order valence-corrected chi connectivity index (χ2v) is 6.20. The second kappa shape index (κ2) is 7.96. The standard InChI is InChI=1S/C16H26N4O/c1-12(2)11-18-15(21)14-9-10-17-16(20-14)19-13-7-5-3-4-6-8-13/h9-10,12-13H,3-8,11H2,1-2H3,(H,18,21)(H,17,19,20). The summed E-state index contributed by atoms with van der Waals surface area (Å²) in [6, 6.07) is 2.09. The average Bonchev–Trinajstić information content (AvgIpc) is 2.73. The number of hydrogen-bond donors (Lipinski definition) is 2. The molecule has 0 unspecified atom stereocenters. The average molecular weight is 290 g/mol. The van der Waals surface area contributed by atoms with E-state index < -0.39 is 0 Å². The summed E-state index contributed by atoms with van der Waals surface area (Å²) in [6.45, 7) is 4.80. The lowest BCUT2D eigenvalue weighted by Gasteiger charge is -2.16. The lowest BCUT2D eigenvalue weighted by Crippen LogP contribution is -2.28. The Kier molecular flexibility index (Phi) is 5.96. The molecule has 0 spiro atoms. The fourth-order valence-corrected chi connectivity index (χ4v) is 2.55. The molecule has 0 bridgehead atoms. The van der Waals surface area contributed by atoms with Crippen molar-refractivity contribution < 1.29 is 4.79 Å². The van der Waals surface area contributed by atoms with Gasteiger partial charge in [0.2, 0.25) is 5.95 Å². The van der Waals surface area contributed by atoms with Gasteiger partial charge in [-0.2, -0.15) is 0 Å². The minimum Gasteiger partial charge on any atom is -0.351 e. The van der Waals surface area contributed by atoms with Gasteiger partial charge < -0.3 is 10.6 Å². The van der Waals surface area contributed by atoms with Crippen molar-refractivity contribution in [3.8, 4) is 0 Å². The largest absolute Gasteiger partial charge is 0.351 e. The minimum atomic E-state index is -0.130. The van der Waals surface area contributed by atoms with Crippen molar-refractivity contribution in [2.24, 2.45) is 5.92 Å². The molecular weight excluding hydrogens is 264 g/mol. The van der Waals surface area contributed by atoms with E-state index >= 15 is 0 Å². The Morgan fingerprint density at radius 3 is 2.67 bits per heavy atom. The highest BCUT2D eigenvalue weighted by Gasteiger charge is 2.14. The molecule has 0 radical (unpaired) electrons. The molecule has 0 aliphatic heterocycles. The summed E-state index contributed by atoms with van der Waals surface area (Å²) in [5.74, 6) is 0.869. The summed E-state index contributed by atoms with van der Waals surface area (Å²) in [5, 5.41) is 6.26. The van der Waals surface area contributed by atoms with E-state index in [1.54, 1.807) is 12.3 Å². The third kappa shape index (κ3) is 5.33. The van der Waals surface area contributed by atoms with Crippen LogP contribution in [-0.4, -0.2) is 28.5 Å². The number of rotatable bonds is 5. The summed E-state index contributed by atoms with van der Waals surface area (Å²) in [4.78, 5) is 20.6. The normalized spacial score (nSPS) is 16.5. The topological polar surface area (TPSA) is 66.9 Å². The first-order chi connectivity index (χ1) is 10.1. The zero-order valence-corrected chi connectivity index (χ0v) is 13.1. The molecule has 0 atom stereocenters. The fourth-order valence-electron chi connectivity index (χ4n) is 2.55. The summed E-state index contributed by atoms with van der Waals surface area (Å²) >= 11 is 0. The number of aromatic nitrogens is 2. The van der Waals surface area contributed by atoms with E-state index in [9.17, 15) is 4.79 Å². The van der Waals surface area contributed by atoms with Gasteiger partial charge in [-0.1, -0.05) is 39.5 Å². The molecule has 0 saturated heterocycles. The van der Waals surface area contributed by atoms with Gasteiger partial charge in [-0.05, 0) is 24.8 Å². The molecule has 1 aromatic heterocycles. The van der Waals surface area contributed by atoms with Crippen LogP contribution < -0.4 is 10.6 Å². The molecule has 1 aliphatic carbocycles. The minimum absolute atomic E-state index is 0.130. The van der Waals surface area contributed by atoms with Gasteiger partial charge in [0.15, 0.2) is 0 Å². The SMILES string of the molecule is CC(C)CNC(=O)c1ccnc(NC2CCCCCC2)n1. The van der Waals surface area contributed by atoms with Crippen LogP contribution in [0.2, 0.25) is 0 Å². The number of nitrogens with one attached hydrogen (secondary N) is 2. The number of nitrogens with zero attached hydrogens (tertiary/aromatic N) is 2. The van der Waals surface area contributed by atoms with Gasteiger partial charge in [0.25, 0.3) is 5.91 Å². The maximum Gasteiger partial charge on any atom is 0.270 e. The molecule has 5 nitrogen and oxygen atoms in total. The lowest BCUT2D eigenvalue weighted by molar-refractivity contribution is 0.0944. The third-order valence-corrected chi connectivity index (χ3v) is 3.75. The Balaban J connectivity index is 1.94. The van der Waals surface area contributed by atoms with Crippen LogP contribution in [0, 0.1) is 5.92 Å². The van der Waals surface area contributed by atoms with Gasteiger partial charge in [-0.15, -0.1) is 0 Å². The maximum absolute atomic E-state index is 12.0. The fraction of sp³-hybridized carbons (Fsp3) is 0.688. The highest BCUT2D eigenvalue weighted by Crippen LogP contribution is 2.19. The van der Waals surface area contributed by atoms with Crippen LogP contribution in [0.25, 0.3) is 0 Å². The summed E-state index contributed by atoms with van der Waals surface area (Å²) in [6.07, 6.45) is 9.11. The quantitative estimate of drug-likeness (QED) is 0.818. The third-order valence-electron chi connectivity index (χ3n) is 3.75. The van der Waals surface area contributed by atoms with Crippen molar-refractivity contribution in [2.75, 3.05) is 11.9 Å². The van der Waals surface area contributed by atoms with Gasteiger partial charge in [0, 0.05) is 18.8 Å². The molecule has 116 valence electrons. The van der Waals surface area contributed by atoms with Gasteiger partial charge in [-0.3, -0.25) is 4.79 Å². The highest BCUT2D eigenvalue weighted by atomic mass is 16.1. The number of amides is 1. The van der Waals surface area contributed by atoms with Crippen LogP contribution in [-0.2, 0) is 0 Å². The van der Waals surface area contributed by atoms with Gasteiger partial charge in [0.1, 0.15) is 5.69 Å². The van der Waals surface area contributed by atoms with Crippen LogP contribution in [0.5, 0.6) is 0 Å². The Labute approximate surface area is 127 Å². The first-order valence-electron chi connectivity index (χ1n) is 8.03. The van der Waals surface area contributed by atoms with Crippen molar-refractivity contribution in [1.29, 1.82) is 0 Å². The Hall–Kier alpha value is -1.65. The van der Waals surface area contributed by atoms with Crippen LogP contribution in [0.15, 0.2) is 12.3 Å². The molecule has 21 heavy (non-hydrogen) atoms. The van der Waals surface area contributed by atoms with Gasteiger partial charge in [0.05, 0.1) is 0 Å². The maximum atomic E-state index is 12.0. The zero-order chi connectivity index (χ0) is 15.1. The molecule has 0 aromatic carbocycles. The molecular formula is C16H26N4O. The smallest absolute Gasteiger partial charge is 0.270 e. The Morgan fingerprint density at radius 1 is 1.29 bits per heavy atom. The van der Waals surface area contributed by atoms with E-state index in [2.05, 4.69) is 34.4 Å². The Morgan fingerprint density at radius 2 is 2.00 bits per heavy atom. The first kappa shape index (κ1) is 15.7. The first-order valence-corrected chi connectivity index (χ1v) is 8.03. The summed E-state index contributed by atoms with van der Waals surface area (Å²) in [7, 11) is 0. The van der Waals surface area contributed by atoms with Crippen molar-refractivity contribution in [3.05, 3.63) is 18.0 Å². The van der Waals surface area contributed by atoms with E-state index in [-0.39, 0.29) is 5.91 Å². The number of carbonyl (C=O) groups excluding carboxylic acids is 1. The molecule has 2 rings (SSSR count). The van der Waals surface area contributed by atoms with Crippen molar-refractivity contribution in [1.82, 2.24) is 15.3 Å². The number of hydrogen-bond acceptors (Lipinski definition) is 4. The molecule has 1 aromatic rings. The molecule has 2 N–H and O–H groups in total. The van der Waals surface area contributed by atoms with Crippen LogP contribution in [0.4, 0.5) is 5.95 Å². The van der Waals surface area contributed by atoms with Crippen molar-refractivity contribution in [3.63, 3.8) is 0 Å². The molecule has 1 amide bonds. The van der Waals surface area contributed by atoms with E-state index in [0.717, 1.165) is 12.8 Å². The second-order valence-electron chi connectivity index (χ2n) is 6.20. The van der Waals surface area contributed by atoms with Crippen LogP contribution >= 0.6 is 0 Å². The van der Waals surface area contributed by atoms with Crippen molar-refractivity contribution >= 4 is 11.9 Å². The predicted octanol–water partition coefficient (Wildman–Crippen LogP) is 3.00. The molecule has 1 saturated carbocycles. The monoisotopic (exact) mass is 290 g/mol. The molecule has 5 heteroatoms. The van der Waals surface area contributed by atoms with E-state index in [0.29, 0.717) is 30.1 Å². The Bertz CT molecular complexity index is 453. The van der Waals surface area contributed by atoms with Crippen LogP contribution in [0.1, 0.15) is 62.9 Å². The van der Waals surface area contributed by atoms with E-state index in [4.69, 9.17) is 0 Å². The predicted molar refractivity (Wildman–Crippen MR) is 84.3 cm³/mol. The summed E-state index contributed by atoms with van der Waals surface area (Å²) < 4.78 is 0. The van der Waals surface area contributed by atoms with Crippen molar-refractivity contribution in [2.45, 2.75) is 58.4 Å². The number of anilines is 1. The molecule has 1 fully saturated rings. The number of carbonyl (C=O) groups is 1. The molecule has 1 aliphatic rings. The van der Waals surface area contributed by atoms with Crippen LogP contribution in [0.3, 0.4) is 0 Å².